The van der Waals surface area contributed by atoms with Gasteiger partial charge in [-0.2, -0.15) is 0 Å². The van der Waals surface area contributed by atoms with E-state index in [1.807, 2.05) is 47.5 Å². The lowest BCUT2D eigenvalue weighted by atomic mass is 9.97. The number of nitrogens with one attached hydrogen (secondary N) is 2. The first-order valence-electron chi connectivity index (χ1n) is 32.5. The minimum absolute atomic E-state index is 0.269. The summed E-state index contributed by atoms with van der Waals surface area (Å²) in [6.45, 7) is 7.24. The van der Waals surface area contributed by atoms with Gasteiger partial charge in [-0.1, -0.05) is 82.8 Å². The Kier molecular flexibility index (Phi) is 23.4. The third kappa shape index (κ3) is 15.9. The second-order valence-corrected chi connectivity index (χ2v) is 26.2. The molecule has 4 aliphatic heterocycles. The third-order valence-corrected chi connectivity index (χ3v) is 20.1. The molecule has 4 aliphatic rings. The number of carboxylic acids is 2. The molecule has 0 saturated carbocycles. The summed E-state index contributed by atoms with van der Waals surface area (Å²) in [7, 11) is 6.78. The van der Waals surface area contributed by atoms with Gasteiger partial charge in [0, 0.05) is 136 Å². The molecular formula is C70H76Cl4F2N14O8. The molecule has 516 valence electrons. The lowest BCUT2D eigenvalue weighted by Gasteiger charge is -2.30. The standard InChI is InChI=1S/2C35H38Cl2FN7O4/c2*1-43-28-12-18-44(15-4-13-38)20-27(28)40-32(43)33(46)41-26-6-3-5-24(29(26)36)31-30(37)23(9-14-39-31)25-8-7-22(34(42-25)49-2)19-45-16-10-21(11-17-45)35(47)48/h2*3,5-9,14,21H,4,10-13,15-20H2,1-2H3,(H,41,46)(H,47,48). The zero-order valence-corrected chi connectivity index (χ0v) is 57.8. The zero-order valence-electron chi connectivity index (χ0n) is 54.8. The monoisotopic (exact) mass is 1420 g/mol. The third-order valence-electron chi connectivity index (χ3n) is 18.6. The first-order valence-corrected chi connectivity index (χ1v) is 34.0. The van der Waals surface area contributed by atoms with Crippen LogP contribution < -0.4 is 20.1 Å². The van der Waals surface area contributed by atoms with Gasteiger partial charge in [0.15, 0.2) is 11.6 Å². The molecule has 0 spiro atoms. The molecule has 0 unspecified atom stereocenters. The smallest absolute Gasteiger partial charge is 0.306 e. The van der Waals surface area contributed by atoms with Crippen LogP contribution in [0.5, 0.6) is 11.8 Å². The number of aliphatic carboxylic acids is 2. The van der Waals surface area contributed by atoms with Crippen molar-refractivity contribution in [1.29, 1.82) is 0 Å². The van der Waals surface area contributed by atoms with Crippen LogP contribution in [-0.4, -0.2) is 173 Å². The highest BCUT2D eigenvalue weighted by molar-refractivity contribution is 6.40. The highest BCUT2D eigenvalue weighted by Crippen LogP contribution is 2.43. The quantitative estimate of drug-likeness (QED) is 0.0492. The number of carbonyl (C=O) groups excluding carboxylic acids is 2. The molecule has 4 N–H and O–H groups in total. The van der Waals surface area contributed by atoms with Crippen LogP contribution >= 0.6 is 46.4 Å². The Bertz CT molecular complexity index is 3990. The highest BCUT2D eigenvalue weighted by Gasteiger charge is 2.31. The van der Waals surface area contributed by atoms with E-state index >= 15 is 0 Å². The first kappa shape index (κ1) is 71.1. The number of ether oxygens (including phenoxy) is 2. The van der Waals surface area contributed by atoms with E-state index in [1.54, 1.807) is 75.1 Å². The van der Waals surface area contributed by atoms with Gasteiger partial charge in [0.2, 0.25) is 11.8 Å². The van der Waals surface area contributed by atoms with Gasteiger partial charge in [-0.15, -0.1) is 0 Å². The number of halogens is 6. The second kappa shape index (κ2) is 32.2. The van der Waals surface area contributed by atoms with Crippen molar-refractivity contribution in [3.05, 3.63) is 151 Å². The van der Waals surface area contributed by atoms with E-state index in [2.05, 4.69) is 50.2 Å². The number of hydrogen-bond acceptors (Lipinski definition) is 16. The number of piperidine rings is 2. The Balaban J connectivity index is 0.000000198. The number of amides is 2. The summed E-state index contributed by atoms with van der Waals surface area (Å²) in [5, 5.41) is 25.7. The van der Waals surface area contributed by atoms with Crippen LogP contribution in [0.4, 0.5) is 20.2 Å². The summed E-state index contributed by atoms with van der Waals surface area (Å²) in [6.07, 6.45) is 8.10. The number of carboxylic acid groups (broad SMARTS) is 2. The Labute approximate surface area is 586 Å². The van der Waals surface area contributed by atoms with Crippen LogP contribution in [0.15, 0.2) is 85.2 Å². The molecular weight excluding hydrogens is 1340 g/mol. The molecule has 98 heavy (non-hydrogen) atoms. The molecule has 22 nitrogen and oxygen atoms in total. The Morgan fingerprint density at radius 2 is 0.918 bits per heavy atom. The fourth-order valence-electron chi connectivity index (χ4n) is 13.1. The number of carbonyl (C=O) groups is 4. The molecule has 2 fully saturated rings. The number of rotatable bonds is 22. The molecule has 28 heteroatoms. The van der Waals surface area contributed by atoms with E-state index in [0.29, 0.717) is 182 Å². The first-order chi connectivity index (χ1) is 47.4. The predicted octanol–water partition coefficient (Wildman–Crippen LogP) is 12.3. The molecule has 10 heterocycles. The van der Waals surface area contributed by atoms with Crippen LogP contribution in [0, 0.1) is 11.8 Å². The van der Waals surface area contributed by atoms with Gasteiger partial charge in [-0.25, -0.2) is 19.9 Å². The number of pyridine rings is 4. The lowest BCUT2D eigenvalue weighted by Crippen LogP contribution is -2.35. The summed E-state index contributed by atoms with van der Waals surface area (Å²) in [5.74, 6) is -1.43. The summed E-state index contributed by atoms with van der Waals surface area (Å²) < 4.78 is 40.3. The number of likely N-dealkylation sites (tertiary alicyclic amines) is 2. The predicted molar refractivity (Wildman–Crippen MR) is 372 cm³/mol. The molecule has 0 radical (unpaired) electrons. The fraction of sp³-hybridized carbons (Fsp3) is 0.400. The molecule has 8 aromatic rings. The number of anilines is 2. The van der Waals surface area contributed by atoms with Crippen LogP contribution in [0.1, 0.15) is 93.7 Å². The van der Waals surface area contributed by atoms with Crippen molar-refractivity contribution >= 4 is 81.5 Å². The SMILES string of the molecule is COc1nc(-c2ccnc(-c3cccc(NC(=O)c4nc5c(n4C)CCN(CCCF)C5)c3Cl)c2Cl)ccc1CN1CCC(C(=O)O)CC1.COc1nc(-c2ccnc(-c3cccc(NC(=O)c4nc5c(n4C)CCN(CCCF)C5)c3Cl)c2Cl)ccc1CN1CCC(C(=O)O)CC1. The number of fused-ring (bicyclic) bond motifs is 2. The number of alkyl halides is 2. The second-order valence-electron chi connectivity index (χ2n) is 24.7. The van der Waals surface area contributed by atoms with Gasteiger partial charge in [0.1, 0.15) is 0 Å². The molecule has 0 aliphatic carbocycles. The van der Waals surface area contributed by atoms with Crippen molar-refractivity contribution in [2.45, 2.75) is 77.5 Å². The van der Waals surface area contributed by atoms with Crippen molar-refractivity contribution in [3.8, 4) is 56.8 Å². The maximum absolute atomic E-state index is 13.5. The summed E-state index contributed by atoms with van der Waals surface area (Å²) in [5.41, 5.74) is 10.5. The number of imidazole rings is 2. The molecule has 12 rings (SSSR count). The summed E-state index contributed by atoms with van der Waals surface area (Å²) >= 11 is 27.7. The van der Waals surface area contributed by atoms with E-state index in [0.717, 1.165) is 59.8 Å². The molecule has 0 bridgehead atoms. The van der Waals surface area contributed by atoms with Gasteiger partial charge < -0.3 is 39.5 Å². The van der Waals surface area contributed by atoms with E-state index in [-0.39, 0.29) is 46.9 Å². The molecule has 2 aromatic carbocycles. The van der Waals surface area contributed by atoms with E-state index in [1.165, 1.54) is 0 Å². The number of hydrogen-bond donors (Lipinski definition) is 4. The van der Waals surface area contributed by atoms with E-state index in [4.69, 9.17) is 65.8 Å². The lowest BCUT2D eigenvalue weighted by molar-refractivity contribution is -0.144. The molecule has 2 saturated heterocycles. The van der Waals surface area contributed by atoms with Crippen LogP contribution in [0.25, 0.3) is 45.0 Å². The number of aromatic nitrogens is 8. The van der Waals surface area contributed by atoms with Gasteiger partial charge in [-0.3, -0.25) is 57.5 Å². The van der Waals surface area contributed by atoms with Gasteiger partial charge in [-0.05, 0) is 101 Å². The number of benzene rings is 2. The fourth-order valence-corrected chi connectivity index (χ4v) is 14.3. The maximum atomic E-state index is 13.5. The van der Waals surface area contributed by atoms with Crippen LogP contribution in [-0.2, 0) is 62.7 Å². The van der Waals surface area contributed by atoms with E-state index < -0.39 is 23.8 Å². The van der Waals surface area contributed by atoms with Crippen molar-refractivity contribution in [3.63, 3.8) is 0 Å². The van der Waals surface area contributed by atoms with Crippen LogP contribution in [0.2, 0.25) is 20.1 Å². The number of nitrogens with zero attached hydrogens (tertiary/aromatic N) is 12. The topological polar surface area (TPSA) is 251 Å². The van der Waals surface area contributed by atoms with Crippen molar-refractivity contribution in [1.82, 2.24) is 58.6 Å². The van der Waals surface area contributed by atoms with Crippen molar-refractivity contribution < 1.29 is 47.6 Å². The Morgan fingerprint density at radius 3 is 1.29 bits per heavy atom. The minimum atomic E-state index is -0.738. The zero-order chi connectivity index (χ0) is 69.3. The van der Waals surface area contributed by atoms with Crippen molar-refractivity contribution in [2.75, 3.05) is 90.6 Å². The average Bonchev–Trinajstić information content (AvgIpc) is 1.23. The van der Waals surface area contributed by atoms with Gasteiger partial charge in [0.25, 0.3) is 11.8 Å². The largest absolute Gasteiger partial charge is 0.481 e. The average molecular weight is 1420 g/mol. The molecule has 6 aromatic heterocycles. The molecule has 2 amide bonds. The highest BCUT2D eigenvalue weighted by atomic mass is 35.5. The number of methoxy groups -OCH3 is 2. The normalized spacial score (nSPS) is 15.6. The molecule has 0 atom stereocenters. The summed E-state index contributed by atoms with van der Waals surface area (Å²) in [4.78, 5) is 86.2. The minimum Gasteiger partial charge on any atom is -0.481 e. The van der Waals surface area contributed by atoms with Crippen LogP contribution in [0.3, 0.4) is 0 Å². The Hall–Kier alpha value is -8.20. The van der Waals surface area contributed by atoms with E-state index in [9.17, 15) is 38.2 Å². The Morgan fingerprint density at radius 1 is 0.520 bits per heavy atom. The van der Waals surface area contributed by atoms with Gasteiger partial charge in [0.05, 0.1) is 105 Å². The summed E-state index contributed by atoms with van der Waals surface area (Å²) in [6, 6.07) is 21.7. The van der Waals surface area contributed by atoms with Gasteiger partial charge >= 0.3 is 11.9 Å². The maximum Gasteiger partial charge on any atom is 0.306 e. The van der Waals surface area contributed by atoms with Crippen molar-refractivity contribution in [2.24, 2.45) is 25.9 Å².